The molecule has 32 heavy (non-hydrogen) atoms. The van der Waals surface area contributed by atoms with E-state index in [4.69, 9.17) is 9.47 Å². The average molecular weight is 449 g/mol. The van der Waals surface area contributed by atoms with Gasteiger partial charge in [-0.05, 0) is 31.5 Å². The number of hydrogen-bond acceptors (Lipinski definition) is 6. The molecule has 1 aliphatic heterocycles. The third-order valence-corrected chi connectivity index (χ3v) is 4.65. The van der Waals surface area contributed by atoms with Gasteiger partial charge >= 0.3 is 6.03 Å². The highest BCUT2D eigenvalue weighted by Gasteiger charge is 2.30. The van der Waals surface area contributed by atoms with E-state index < -0.39 is 12.0 Å². The summed E-state index contributed by atoms with van der Waals surface area (Å²) in [7, 11) is 0. The van der Waals surface area contributed by atoms with Crippen molar-refractivity contribution in [3.05, 3.63) is 36.2 Å². The number of aromatic nitrogens is 2. The first-order valence-corrected chi connectivity index (χ1v) is 10.1. The molecule has 2 aromatic rings. The number of carbonyl (C=O) groups excluding carboxylic acids is 2. The van der Waals surface area contributed by atoms with Gasteiger partial charge in [0.05, 0.1) is 12.3 Å². The van der Waals surface area contributed by atoms with Crippen LogP contribution in [-0.2, 0) is 9.53 Å². The van der Waals surface area contributed by atoms with Gasteiger partial charge in [-0.3, -0.25) is 10.1 Å². The van der Waals surface area contributed by atoms with Crippen molar-refractivity contribution in [1.29, 1.82) is 0 Å². The number of nitrogens with one attached hydrogen (secondary N) is 2. The molecule has 0 aromatic carbocycles. The van der Waals surface area contributed by atoms with Crippen LogP contribution in [0.25, 0.3) is 0 Å². The number of hydrogen-bond donors (Lipinski definition) is 2. The summed E-state index contributed by atoms with van der Waals surface area (Å²) in [5.74, 6) is -1.47. The van der Waals surface area contributed by atoms with Crippen molar-refractivity contribution < 1.29 is 27.8 Å². The summed E-state index contributed by atoms with van der Waals surface area (Å²) in [6.07, 6.45) is 1.04. The van der Waals surface area contributed by atoms with E-state index in [2.05, 4.69) is 20.6 Å². The normalized spacial score (nSPS) is 16.3. The number of aryl methyl sites for hydroxylation is 1. The monoisotopic (exact) mass is 449 g/mol. The van der Waals surface area contributed by atoms with Crippen molar-refractivity contribution in [3.8, 4) is 11.5 Å². The van der Waals surface area contributed by atoms with Gasteiger partial charge in [-0.1, -0.05) is 0 Å². The molecule has 3 rings (SSSR count). The summed E-state index contributed by atoms with van der Waals surface area (Å²) in [5, 5.41) is 5.23. The highest BCUT2D eigenvalue weighted by atomic mass is 19.3. The lowest BCUT2D eigenvalue weighted by atomic mass is 10.1. The Labute approximate surface area is 184 Å². The lowest BCUT2D eigenvalue weighted by Crippen LogP contribution is -2.37. The number of carbonyl (C=O) groups is 2. The molecule has 0 aliphatic carbocycles. The van der Waals surface area contributed by atoms with Crippen LogP contribution in [0.4, 0.5) is 25.2 Å². The fraction of sp³-hybridized carbons (Fsp3) is 0.429. The number of ether oxygens (including phenoxy) is 2. The summed E-state index contributed by atoms with van der Waals surface area (Å²) in [4.78, 5) is 33.4. The molecule has 9 nitrogen and oxygen atoms in total. The molecule has 11 heteroatoms. The third-order valence-electron chi connectivity index (χ3n) is 4.65. The number of anilines is 2. The number of halogens is 2. The minimum absolute atomic E-state index is 0.0687. The average Bonchev–Trinajstić information content (AvgIpc) is 2.79. The van der Waals surface area contributed by atoms with Crippen LogP contribution in [0.3, 0.4) is 0 Å². The van der Waals surface area contributed by atoms with E-state index in [0.29, 0.717) is 28.8 Å². The van der Waals surface area contributed by atoms with Gasteiger partial charge in [-0.25, -0.2) is 23.5 Å². The fourth-order valence-electron chi connectivity index (χ4n) is 3.04. The number of nitrogens with zero attached hydrogens (tertiary/aromatic N) is 3. The first-order chi connectivity index (χ1) is 15.2. The standard InChI is InChI=1S/C21H25F2N5O4/c1-14-17(32-16-6-9-24-19(12-16)26-15(2)29)4-5-18(25-14)27-20(30)28-10-3-7-21(22,23)8-11-31-13-28/h4-6,9,12H,3,7-8,10-11,13H2,1-2H3,(H,24,26,29)(H,25,27,30). The second-order valence-electron chi connectivity index (χ2n) is 7.38. The van der Waals surface area contributed by atoms with Gasteiger partial charge in [0, 0.05) is 38.6 Å². The van der Waals surface area contributed by atoms with E-state index in [9.17, 15) is 18.4 Å². The molecule has 0 saturated carbocycles. The Morgan fingerprint density at radius 3 is 2.75 bits per heavy atom. The van der Waals surface area contributed by atoms with Crippen LogP contribution in [0.15, 0.2) is 30.5 Å². The zero-order valence-electron chi connectivity index (χ0n) is 17.9. The molecule has 3 heterocycles. The lowest BCUT2D eigenvalue weighted by molar-refractivity contribution is -0.114. The Kier molecular flexibility index (Phi) is 7.52. The van der Waals surface area contributed by atoms with Crippen LogP contribution < -0.4 is 15.4 Å². The fourth-order valence-corrected chi connectivity index (χ4v) is 3.04. The number of rotatable bonds is 4. The molecule has 1 aliphatic rings. The lowest BCUT2D eigenvalue weighted by Gasteiger charge is -2.22. The quantitative estimate of drug-likeness (QED) is 0.726. The van der Waals surface area contributed by atoms with E-state index in [1.165, 1.54) is 18.0 Å². The predicted octanol–water partition coefficient (Wildman–Crippen LogP) is 4.16. The largest absolute Gasteiger partial charge is 0.455 e. The second kappa shape index (κ2) is 10.3. The molecule has 1 fully saturated rings. The molecule has 0 spiro atoms. The van der Waals surface area contributed by atoms with E-state index in [0.717, 1.165) is 0 Å². The molecule has 0 atom stereocenters. The van der Waals surface area contributed by atoms with Gasteiger partial charge in [0.1, 0.15) is 29.9 Å². The summed E-state index contributed by atoms with van der Waals surface area (Å²) in [6.45, 7) is 3.07. The van der Waals surface area contributed by atoms with E-state index in [-0.39, 0.29) is 45.1 Å². The molecule has 2 aromatic heterocycles. The molecular weight excluding hydrogens is 424 g/mol. The number of amides is 3. The van der Waals surface area contributed by atoms with Crippen LogP contribution in [-0.4, -0.2) is 52.6 Å². The highest BCUT2D eigenvalue weighted by molar-refractivity contribution is 5.88. The predicted molar refractivity (Wildman–Crippen MR) is 113 cm³/mol. The summed E-state index contributed by atoms with van der Waals surface area (Å²) in [5.41, 5.74) is 0.515. The summed E-state index contributed by atoms with van der Waals surface area (Å²) < 4.78 is 38.2. The van der Waals surface area contributed by atoms with Crippen molar-refractivity contribution in [2.45, 2.75) is 39.0 Å². The Balaban J connectivity index is 1.62. The van der Waals surface area contributed by atoms with Crippen molar-refractivity contribution in [2.75, 3.05) is 30.5 Å². The molecule has 172 valence electrons. The zero-order valence-corrected chi connectivity index (χ0v) is 17.9. The van der Waals surface area contributed by atoms with Gasteiger partial charge in [0.2, 0.25) is 11.8 Å². The minimum atomic E-state index is -2.78. The van der Waals surface area contributed by atoms with Gasteiger partial charge in [-0.15, -0.1) is 0 Å². The molecule has 0 unspecified atom stereocenters. The Hall–Kier alpha value is -3.34. The maximum atomic E-state index is 13.6. The molecule has 3 amide bonds. The minimum Gasteiger partial charge on any atom is -0.455 e. The molecule has 0 bridgehead atoms. The van der Waals surface area contributed by atoms with Gasteiger partial charge in [-0.2, -0.15) is 0 Å². The second-order valence-corrected chi connectivity index (χ2v) is 7.38. The summed E-state index contributed by atoms with van der Waals surface area (Å²) in [6, 6.07) is 5.94. The molecule has 0 radical (unpaired) electrons. The smallest absolute Gasteiger partial charge is 0.324 e. The van der Waals surface area contributed by atoms with Crippen LogP contribution in [0.1, 0.15) is 31.9 Å². The molecular formula is C21H25F2N5O4. The Bertz CT molecular complexity index is 973. The Morgan fingerprint density at radius 1 is 1.19 bits per heavy atom. The number of pyridine rings is 2. The maximum absolute atomic E-state index is 13.6. The van der Waals surface area contributed by atoms with Gasteiger partial charge < -0.3 is 19.7 Å². The topological polar surface area (TPSA) is 106 Å². The van der Waals surface area contributed by atoms with E-state index in [1.807, 2.05) is 0 Å². The zero-order chi connectivity index (χ0) is 23.1. The molecule has 1 saturated heterocycles. The first kappa shape index (κ1) is 23.3. The van der Waals surface area contributed by atoms with Crippen molar-refractivity contribution >= 4 is 23.6 Å². The van der Waals surface area contributed by atoms with E-state index in [1.54, 1.807) is 31.2 Å². The van der Waals surface area contributed by atoms with Crippen LogP contribution in [0.5, 0.6) is 11.5 Å². The van der Waals surface area contributed by atoms with Crippen molar-refractivity contribution in [1.82, 2.24) is 14.9 Å². The Morgan fingerprint density at radius 2 is 2.00 bits per heavy atom. The van der Waals surface area contributed by atoms with Gasteiger partial charge in [0.25, 0.3) is 0 Å². The maximum Gasteiger partial charge on any atom is 0.324 e. The third kappa shape index (κ3) is 6.84. The van der Waals surface area contributed by atoms with Crippen LogP contribution in [0, 0.1) is 6.92 Å². The highest BCUT2D eigenvalue weighted by Crippen LogP contribution is 2.27. The number of alkyl halides is 2. The van der Waals surface area contributed by atoms with Crippen LogP contribution in [0.2, 0.25) is 0 Å². The van der Waals surface area contributed by atoms with Crippen LogP contribution >= 0.6 is 0 Å². The van der Waals surface area contributed by atoms with Crippen molar-refractivity contribution in [2.24, 2.45) is 0 Å². The molecule has 2 N–H and O–H groups in total. The SMILES string of the molecule is CC(=O)Nc1cc(Oc2ccc(NC(=O)N3CCCC(F)(F)CCOC3)nc2C)ccn1. The summed E-state index contributed by atoms with van der Waals surface area (Å²) >= 11 is 0. The van der Waals surface area contributed by atoms with Crippen molar-refractivity contribution in [3.63, 3.8) is 0 Å². The number of urea groups is 1. The van der Waals surface area contributed by atoms with Gasteiger partial charge in [0.15, 0.2) is 0 Å². The van der Waals surface area contributed by atoms with E-state index >= 15 is 0 Å². The first-order valence-electron chi connectivity index (χ1n) is 10.1.